The average Bonchev–Trinajstić information content (AvgIpc) is 2.39. The van der Waals surface area contributed by atoms with E-state index < -0.39 is 4.92 Å². The van der Waals surface area contributed by atoms with E-state index in [1.54, 1.807) is 19.2 Å². The van der Waals surface area contributed by atoms with Crippen molar-refractivity contribution in [2.45, 2.75) is 9.79 Å². The number of ether oxygens (including phenoxy) is 1. The van der Waals surface area contributed by atoms with Crippen molar-refractivity contribution in [3.63, 3.8) is 0 Å². The minimum absolute atomic E-state index is 0.0686. The van der Waals surface area contributed by atoms with Gasteiger partial charge in [0.15, 0.2) is 0 Å². The number of hydrogen-bond acceptors (Lipinski definition) is 4. The smallest absolute Gasteiger partial charge is 0.283 e. The predicted molar refractivity (Wildman–Crippen MR) is 77.9 cm³/mol. The first-order chi connectivity index (χ1) is 9.10. The molecule has 0 bridgehead atoms. The number of halogens is 1. The SMILES string of the molecule is COc1ccc(Sc2ccc([N+](=O)[O-])c(Br)c2)cc1. The molecule has 0 saturated carbocycles. The summed E-state index contributed by atoms with van der Waals surface area (Å²) in [6.45, 7) is 0. The van der Waals surface area contributed by atoms with Gasteiger partial charge in [-0.15, -0.1) is 0 Å². The standard InChI is InChI=1S/C13H10BrNO3S/c1-18-9-2-4-10(5-3-9)19-11-6-7-13(15(16)17)12(14)8-11/h2-8H,1H3. The van der Waals surface area contributed by atoms with Crippen molar-refractivity contribution < 1.29 is 9.66 Å². The van der Waals surface area contributed by atoms with Crippen LogP contribution in [0.25, 0.3) is 0 Å². The third-order valence-corrected chi connectivity index (χ3v) is 4.04. The predicted octanol–water partition coefficient (Wildman–Crippen LogP) is 4.52. The fraction of sp³-hybridized carbons (Fsp3) is 0.0769. The van der Waals surface area contributed by atoms with E-state index >= 15 is 0 Å². The van der Waals surface area contributed by atoms with Crippen molar-refractivity contribution in [1.82, 2.24) is 0 Å². The Bertz CT molecular complexity index is 601. The van der Waals surface area contributed by atoms with Crippen LogP contribution in [0.4, 0.5) is 5.69 Å². The van der Waals surface area contributed by atoms with Crippen molar-refractivity contribution in [1.29, 1.82) is 0 Å². The van der Waals surface area contributed by atoms with Gasteiger partial charge < -0.3 is 4.74 Å². The summed E-state index contributed by atoms with van der Waals surface area (Å²) in [4.78, 5) is 12.3. The van der Waals surface area contributed by atoms with Gasteiger partial charge in [-0.05, 0) is 52.3 Å². The summed E-state index contributed by atoms with van der Waals surface area (Å²) >= 11 is 4.74. The average molecular weight is 340 g/mol. The van der Waals surface area contributed by atoms with E-state index in [9.17, 15) is 10.1 Å². The van der Waals surface area contributed by atoms with Gasteiger partial charge in [0.25, 0.3) is 5.69 Å². The zero-order valence-corrected chi connectivity index (χ0v) is 12.4. The first-order valence-corrected chi connectivity index (χ1v) is 6.97. The summed E-state index contributed by atoms with van der Waals surface area (Å²) in [5, 5.41) is 10.7. The van der Waals surface area contributed by atoms with Crippen LogP contribution >= 0.6 is 27.7 Å². The summed E-state index contributed by atoms with van der Waals surface area (Å²) in [6, 6.07) is 12.6. The van der Waals surface area contributed by atoms with Gasteiger partial charge in [-0.25, -0.2) is 0 Å². The highest BCUT2D eigenvalue weighted by Gasteiger charge is 2.12. The lowest BCUT2D eigenvalue weighted by Crippen LogP contribution is -1.89. The van der Waals surface area contributed by atoms with Gasteiger partial charge >= 0.3 is 0 Å². The Morgan fingerprint density at radius 3 is 2.32 bits per heavy atom. The van der Waals surface area contributed by atoms with Crippen molar-refractivity contribution in [2.75, 3.05) is 7.11 Å². The van der Waals surface area contributed by atoms with Crippen LogP contribution in [0.3, 0.4) is 0 Å². The first-order valence-electron chi connectivity index (χ1n) is 5.36. The van der Waals surface area contributed by atoms with Gasteiger partial charge in [0.1, 0.15) is 5.75 Å². The van der Waals surface area contributed by atoms with Gasteiger partial charge in [0.05, 0.1) is 16.5 Å². The summed E-state index contributed by atoms with van der Waals surface area (Å²) in [5.41, 5.74) is 0.0686. The van der Waals surface area contributed by atoms with E-state index in [1.807, 2.05) is 24.3 Å². The first kappa shape index (κ1) is 13.9. The molecular weight excluding hydrogens is 330 g/mol. The largest absolute Gasteiger partial charge is 0.497 e. The zero-order chi connectivity index (χ0) is 13.8. The summed E-state index contributed by atoms with van der Waals surface area (Å²) in [7, 11) is 1.62. The molecule has 0 spiro atoms. The topological polar surface area (TPSA) is 52.4 Å². The second-order valence-electron chi connectivity index (χ2n) is 3.65. The molecule has 0 amide bonds. The molecule has 19 heavy (non-hydrogen) atoms. The normalized spacial score (nSPS) is 10.2. The minimum atomic E-state index is -0.411. The third-order valence-electron chi connectivity index (χ3n) is 2.41. The molecule has 2 rings (SSSR count). The highest BCUT2D eigenvalue weighted by Crippen LogP contribution is 2.34. The molecule has 0 aromatic heterocycles. The number of nitro groups is 1. The molecule has 0 N–H and O–H groups in total. The molecule has 6 heteroatoms. The molecule has 0 radical (unpaired) electrons. The summed E-state index contributed by atoms with van der Waals surface area (Å²) in [6.07, 6.45) is 0. The van der Waals surface area contributed by atoms with Crippen molar-refractivity contribution >= 4 is 33.4 Å². The highest BCUT2D eigenvalue weighted by atomic mass is 79.9. The van der Waals surface area contributed by atoms with Crippen molar-refractivity contribution in [3.05, 3.63) is 57.1 Å². The quantitative estimate of drug-likeness (QED) is 0.607. The van der Waals surface area contributed by atoms with E-state index in [0.717, 1.165) is 15.5 Å². The van der Waals surface area contributed by atoms with E-state index in [-0.39, 0.29) is 5.69 Å². The van der Waals surface area contributed by atoms with Crippen molar-refractivity contribution in [3.8, 4) is 5.75 Å². The van der Waals surface area contributed by atoms with Crippen LogP contribution in [0.15, 0.2) is 56.7 Å². The monoisotopic (exact) mass is 339 g/mol. The van der Waals surface area contributed by atoms with Gasteiger partial charge in [-0.3, -0.25) is 10.1 Å². The van der Waals surface area contributed by atoms with Crippen LogP contribution in [0, 0.1) is 10.1 Å². The molecule has 0 atom stereocenters. The van der Waals surface area contributed by atoms with Gasteiger partial charge in [0, 0.05) is 15.9 Å². The second kappa shape index (κ2) is 6.08. The number of benzene rings is 2. The maximum Gasteiger partial charge on any atom is 0.283 e. The van der Waals surface area contributed by atoms with Crippen LogP contribution in [-0.4, -0.2) is 12.0 Å². The van der Waals surface area contributed by atoms with E-state index in [0.29, 0.717) is 4.47 Å². The molecule has 0 saturated heterocycles. The van der Waals surface area contributed by atoms with Crippen LogP contribution in [0.2, 0.25) is 0 Å². The van der Waals surface area contributed by atoms with E-state index in [4.69, 9.17) is 4.74 Å². The number of hydrogen-bond donors (Lipinski definition) is 0. The third kappa shape index (κ3) is 3.48. The van der Waals surface area contributed by atoms with E-state index in [1.165, 1.54) is 17.8 Å². The molecule has 2 aromatic carbocycles. The van der Waals surface area contributed by atoms with Crippen LogP contribution in [0.1, 0.15) is 0 Å². The van der Waals surface area contributed by atoms with E-state index in [2.05, 4.69) is 15.9 Å². The van der Waals surface area contributed by atoms with Crippen molar-refractivity contribution in [2.24, 2.45) is 0 Å². The number of nitro benzene ring substituents is 1. The Morgan fingerprint density at radius 2 is 1.79 bits per heavy atom. The highest BCUT2D eigenvalue weighted by molar-refractivity contribution is 9.10. The number of rotatable bonds is 4. The number of nitrogens with zero attached hydrogens (tertiary/aromatic N) is 1. The molecule has 0 fully saturated rings. The Kier molecular flexibility index (Phi) is 4.44. The van der Waals surface area contributed by atoms with Gasteiger partial charge in [-0.2, -0.15) is 0 Å². The fourth-order valence-corrected chi connectivity index (χ4v) is 3.01. The lowest BCUT2D eigenvalue weighted by atomic mass is 10.3. The molecule has 98 valence electrons. The maximum atomic E-state index is 10.7. The van der Waals surface area contributed by atoms with Crippen LogP contribution in [-0.2, 0) is 0 Å². The summed E-state index contributed by atoms with van der Waals surface area (Å²) in [5.74, 6) is 0.800. The fourth-order valence-electron chi connectivity index (χ4n) is 1.48. The Hall–Kier alpha value is -1.53. The Labute approximate surface area is 123 Å². The van der Waals surface area contributed by atoms with Gasteiger partial charge in [-0.1, -0.05) is 11.8 Å². The molecule has 0 aliphatic carbocycles. The Morgan fingerprint density at radius 1 is 1.16 bits per heavy atom. The molecule has 0 heterocycles. The van der Waals surface area contributed by atoms with Crippen LogP contribution in [0.5, 0.6) is 5.75 Å². The van der Waals surface area contributed by atoms with Crippen LogP contribution < -0.4 is 4.74 Å². The summed E-state index contributed by atoms with van der Waals surface area (Å²) < 4.78 is 5.57. The zero-order valence-electron chi connectivity index (χ0n) is 10.00. The lowest BCUT2D eigenvalue weighted by molar-refractivity contribution is -0.385. The molecular formula is C13H10BrNO3S. The molecule has 0 unspecified atom stereocenters. The molecule has 0 aliphatic rings. The maximum absolute atomic E-state index is 10.7. The second-order valence-corrected chi connectivity index (χ2v) is 5.65. The molecule has 0 aliphatic heterocycles. The molecule has 4 nitrogen and oxygen atoms in total. The molecule has 2 aromatic rings. The lowest BCUT2D eigenvalue weighted by Gasteiger charge is -2.04. The Balaban J connectivity index is 2.18. The number of methoxy groups -OCH3 is 1. The van der Waals surface area contributed by atoms with Gasteiger partial charge in [0.2, 0.25) is 0 Å². The minimum Gasteiger partial charge on any atom is -0.497 e.